The van der Waals surface area contributed by atoms with Crippen LogP contribution in [0.2, 0.25) is 0 Å². The van der Waals surface area contributed by atoms with Gasteiger partial charge in [0.05, 0.1) is 11.2 Å². The van der Waals surface area contributed by atoms with E-state index in [1.807, 2.05) is 27.7 Å². The lowest BCUT2D eigenvalue weighted by molar-refractivity contribution is 0.00578. The number of amides is 1. The minimum Gasteiger partial charge on any atom is -0.465 e. The Kier molecular flexibility index (Phi) is 3.35. The van der Waals surface area contributed by atoms with Gasteiger partial charge in [-0.2, -0.15) is 0 Å². The number of nitrogens with one attached hydrogen (secondary N) is 1. The summed E-state index contributed by atoms with van der Waals surface area (Å²) in [6.45, 7) is 11.6. The maximum Gasteiger partial charge on any atom is 0.491 e. The fraction of sp³-hybridized carbons (Fsp3) is 0.700. The molecule has 1 heterocycles. The van der Waals surface area contributed by atoms with Crippen molar-refractivity contribution in [1.82, 2.24) is 5.32 Å². The second-order valence-corrected chi connectivity index (χ2v) is 4.91. The number of carboxylic acid groups (broad SMARTS) is 1. The molecule has 0 spiro atoms. The monoisotopic (exact) mass is 227 g/mol. The predicted molar refractivity (Wildman–Crippen MR) is 61.2 cm³/mol. The van der Waals surface area contributed by atoms with E-state index in [1.54, 1.807) is 0 Å². The van der Waals surface area contributed by atoms with Gasteiger partial charge in [-0.15, -0.1) is 6.58 Å². The molecule has 1 amide bonds. The van der Waals surface area contributed by atoms with Crippen molar-refractivity contribution in [2.24, 2.45) is 0 Å². The van der Waals surface area contributed by atoms with Crippen LogP contribution < -0.4 is 5.32 Å². The van der Waals surface area contributed by atoms with Crippen LogP contribution in [0.25, 0.3) is 0 Å². The van der Waals surface area contributed by atoms with Crippen molar-refractivity contribution < 1.29 is 19.2 Å². The third-order valence-electron chi connectivity index (χ3n) is 3.05. The third kappa shape index (κ3) is 2.57. The second-order valence-electron chi connectivity index (χ2n) is 4.91. The van der Waals surface area contributed by atoms with Gasteiger partial charge in [0.2, 0.25) is 0 Å². The van der Waals surface area contributed by atoms with Gasteiger partial charge < -0.3 is 19.7 Å². The first-order valence-corrected chi connectivity index (χ1v) is 5.16. The number of hydrogen-bond donors (Lipinski definition) is 2. The van der Waals surface area contributed by atoms with Crippen LogP contribution >= 0.6 is 0 Å². The van der Waals surface area contributed by atoms with Crippen molar-refractivity contribution in [2.75, 3.05) is 6.54 Å². The first-order chi connectivity index (χ1) is 7.16. The molecule has 0 atom stereocenters. The SMILES string of the molecule is C=C(CNC(=O)O)B1OC(C)(C)C(C)(C)O1. The first kappa shape index (κ1) is 13.1. The van der Waals surface area contributed by atoms with Gasteiger partial charge >= 0.3 is 13.2 Å². The Labute approximate surface area is 96.0 Å². The maximum atomic E-state index is 10.3. The van der Waals surface area contributed by atoms with E-state index >= 15 is 0 Å². The van der Waals surface area contributed by atoms with Gasteiger partial charge in [-0.3, -0.25) is 0 Å². The topological polar surface area (TPSA) is 67.8 Å². The van der Waals surface area contributed by atoms with Crippen LogP contribution in [0.15, 0.2) is 12.1 Å². The molecule has 0 aliphatic carbocycles. The molecule has 0 unspecified atom stereocenters. The minimum atomic E-state index is -1.09. The molecule has 0 saturated carbocycles. The van der Waals surface area contributed by atoms with Crippen LogP contribution in [0, 0.1) is 0 Å². The van der Waals surface area contributed by atoms with Gasteiger partial charge in [0, 0.05) is 6.54 Å². The Morgan fingerprint density at radius 3 is 2.12 bits per heavy atom. The van der Waals surface area contributed by atoms with Gasteiger partial charge in [0.25, 0.3) is 0 Å². The van der Waals surface area contributed by atoms with Crippen LogP contribution in [0.1, 0.15) is 27.7 Å². The zero-order valence-corrected chi connectivity index (χ0v) is 10.2. The van der Waals surface area contributed by atoms with E-state index in [1.165, 1.54) is 0 Å². The molecule has 1 aliphatic heterocycles. The summed E-state index contributed by atoms with van der Waals surface area (Å²) >= 11 is 0. The Bertz CT molecular complexity index is 298. The van der Waals surface area contributed by atoms with E-state index in [-0.39, 0.29) is 6.54 Å². The number of hydrogen-bond acceptors (Lipinski definition) is 3. The quantitative estimate of drug-likeness (QED) is 0.716. The summed E-state index contributed by atoms with van der Waals surface area (Å²) in [6, 6.07) is 0. The highest BCUT2D eigenvalue weighted by molar-refractivity contribution is 6.54. The largest absolute Gasteiger partial charge is 0.491 e. The predicted octanol–water partition coefficient (Wildman–Crippen LogP) is 1.44. The van der Waals surface area contributed by atoms with Crippen LogP contribution in [0.5, 0.6) is 0 Å². The Morgan fingerprint density at radius 2 is 1.75 bits per heavy atom. The van der Waals surface area contributed by atoms with Crippen molar-refractivity contribution in [3.63, 3.8) is 0 Å². The highest BCUT2D eigenvalue weighted by atomic mass is 16.7. The van der Waals surface area contributed by atoms with E-state index in [2.05, 4.69) is 11.9 Å². The third-order valence-corrected chi connectivity index (χ3v) is 3.05. The first-order valence-electron chi connectivity index (χ1n) is 5.16. The molecule has 0 aromatic rings. The molecule has 0 aromatic carbocycles. The van der Waals surface area contributed by atoms with Crippen LogP contribution in [0.4, 0.5) is 4.79 Å². The minimum absolute atomic E-state index is 0.131. The Hall–Kier alpha value is -1.01. The van der Waals surface area contributed by atoms with Gasteiger partial charge in [-0.25, -0.2) is 4.79 Å². The average molecular weight is 227 g/mol. The molecule has 6 heteroatoms. The lowest BCUT2D eigenvalue weighted by Gasteiger charge is -2.32. The van der Waals surface area contributed by atoms with Crippen molar-refractivity contribution >= 4 is 13.2 Å². The fourth-order valence-electron chi connectivity index (χ4n) is 1.28. The molecular weight excluding hydrogens is 209 g/mol. The zero-order valence-electron chi connectivity index (χ0n) is 10.2. The molecule has 1 aliphatic rings. The van der Waals surface area contributed by atoms with Crippen LogP contribution in [-0.2, 0) is 9.31 Å². The van der Waals surface area contributed by atoms with Crippen LogP contribution in [-0.4, -0.2) is 36.1 Å². The van der Waals surface area contributed by atoms with Crippen molar-refractivity contribution in [1.29, 1.82) is 0 Å². The lowest BCUT2D eigenvalue weighted by Crippen LogP contribution is -2.41. The molecule has 1 rings (SSSR count). The highest BCUT2D eigenvalue weighted by Gasteiger charge is 2.51. The highest BCUT2D eigenvalue weighted by Crippen LogP contribution is 2.38. The zero-order chi connectivity index (χ0) is 12.6. The van der Waals surface area contributed by atoms with E-state index < -0.39 is 24.4 Å². The summed E-state index contributed by atoms with van der Waals surface area (Å²) in [5.74, 6) is 0. The summed E-state index contributed by atoms with van der Waals surface area (Å²) in [4.78, 5) is 10.3. The number of rotatable bonds is 3. The van der Waals surface area contributed by atoms with E-state index in [0.717, 1.165) is 0 Å². The van der Waals surface area contributed by atoms with Crippen molar-refractivity contribution in [3.8, 4) is 0 Å². The molecule has 0 aromatic heterocycles. The molecule has 16 heavy (non-hydrogen) atoms. The van der Waals surface area contributed by atoms with Gasteiger partial charge in [0.15, 0.2) is 0 Å². The summed E-state index contributed by atoms with van der Waals surface area (Å²) < 4.78 is 11.4. The molecule has 2 N–H and O–H groups in total. The second kappa shape index (κ2) is 4.10. The fourth-order valence-corrected chi connectivity index (χ4v) is 1.28. The normalized spacial score (nSPS) is 21.9. The summed E-state index contributed by atoms with van der Waals surface area (Å²) in [6.07, 6.45) is -1.09. The van der Waals surface area contributed by atoms with Gasteiger partial charge in [0.1, 0.15) is 0 Å². The summed E-state index contributed by atoms with van der Waals surface area (Å²) in [7, 11) is -0.558. The van der Waals surface area contributed by atoms with Gasteiger partial charge in [-0.05, 0) is 33.2 Å². The molecule has 90 valence electrons. The molecule has 5 nitrogen and oxygen atoms in total. The van der Waals surface area contributed by atoms with Crippen molar-refractivity contribution in [2.45, 2.75) is 38.9 Å². The molecule has 1 saturated heterocycles. The summed E-state index contributed by atoms with van der Waals surface area (Å²) in [5, 5.41) is 10.7. The Morgan fingerprint density at radius 1 is 1.31 bits per heavy atom. The number of carbonyl (C=O) groups is 1. The van der Waals surface area contributed by atoms with Gasteiger partial charge in [-0.1, -0.05) is 0 Å². The Balaban J connectivity index is 2.59. The molecule has 1 fully saturated rings. The molecule has 0 radical (unpaired) electrons. The maximum absolute atomic E-state index is 10.3. The standard InChI is InChI=1S/C10H18BNO4/c1-7(6-12-8(13)14)11-15-9(2,3)10(4,5)16-11/h12H,1,6H2,2-5H3,(H,13,14). The van der Waals surface area contributed by atoms with Crippen molar-refractivity contribution in [3.05, 3.63) is 12.1 Å². The van der Waals surface area contributed by atoms with E-state index in [0.29, 0.717) is 5.47 Å². The van der Waals surface area contributed by atoms with E-state index in [9.17, 15) is 4.79 Å². The molecular formula is C10H18BNO4. The lowest BCUT2D eigenvalue weighted by atomic mass is 9.79. The average Bonchev–Trinajstić information content (AvgIpc) is 2.32. The summed E-state index contributed by atoms with van der Waals surface area (Å²) in [5.41, 5.74) is -0.283. The van der Waals surface area contributed by atoms with Crippen LogP contribution in [0.3, 0.4) is 0 Å². The van der Waals surface area contributed by atoms with E-state index in [4.69, 9.17) is 14.4 Å². The smallest absolute Gasteiger partial charge is 0.465 e. The molecule has 0 bridgehead atoms.